The van der Waals surface area contributed by atoms with Crippen molar-refractivity contribution in [3.8, 4) is 0 Å². The lowest BCUT2D eigenvalue weighted by atomic mass is 10.0. The molecule has 0 amide bonds. The van der Waals surface area contributed by atoms with E-state index in [1.807, 2.05) is 6.08 Å². The van der Waals surface area contributed by atoms with Crippen LogP contribution in [0.4, 0.5) is 0 Å². The van der Waals surface area contributed by atoms with E-state index in [2.05, 4.69) is 0 Å². The molecule has 0 aromatic rings. The highest BCUT2D eigenvalue weighted by atomic mass is 27.0. The highest BCUT2D eigenvalue weighted by Gasteiger charge is 2.08. The van der Waals surface area contributed by atoms with Crippen molar-refractivity contribution in [2.45, 2.75) is 25.7 Å². The fourth-order valence-corrected chi connectivity index (χ4v) is 1.03. The molecule has 3 heteroatoms. The smallest absolute Gasteiger partial charge is 0.331 e. The van der Waals surface area contributed by atoms with E-state index in [1.165, 1.54) is 0 Å². The van der Waals surface area contributed by atoms with Gasteiger partial charge in [-0.1, -0.05) is 6.08 Å². The number of aliphatic carboxylic acids is 1. The number of rotatable bonds is 1. The Hall–Kier alpha value is -0.258. The molecule has 0 aromatic heterocycles. The van der Waals surface area contributed by atoms with Gasteiger partial charge in [0.05, 0.1) is 0 Å². The zero-order valence-electron chi connectivity index (χ0n) is 5.26. The lowest BCUT2D eigenvalue weighted by molar-refractivity contribution is -0.132. The van der Waals surface area contributed by atoms with Crippen LogP contribution in [0.15, 0.2) is 11.6 Å². The summed E-state index contributed by atoms with van der Waals surface area (Å²) in [5.74, 6) is -0.741. The maximum atomic E-state index is 10.3. The predicted molar refractivity (Wildman–Crippen MR) is 44.1 cm³/mol. The summed E-state index contributed by atoms with van der Waals surface area (Å²) in [6.07, 6.45) is 5.72. The van der Waals surface area contributed by atoms with Crippen molar-refractivity contribution >= 4 is 23.3 Å². The third kappa shape index (κ3) is 2.55. The first kappa shape index (κ1) is 9.74. The molecule has 1 N–H and O–H groups in total. The SMILES string of the molecule is O=C(O)C1=CCCCC1.[AlH3]. The van der Waals surface area contributed by atoms with E-state index in [0.717, 1.165) is 25.7 Å². The fraction of sp³-hybridized carbons (Fsp3) is 0.571. The fourth-order valence-electron chi connectivity index (χ4n) is 1.03. The van der Waals surface area contributed by atoms with Crippen molar-refractivity contribution in [2.75, 3.05) is 0 Å². The van der Waals surface area contributed by atoms with Crippen LogP contribution in [0.3, 0.4) is 0 Å². The topological polar surface area (TPSA) is 37.3 Å². The summed E-state index contributed by atoms with van der Waals surface area (Å²) in [6, 6.07) is 0. The minimum atomic E-state index is -0.741. The van der Waals surface area contributed by atoms with Gasteiger partial charge in [0.25, 0.3) is 0 Å². The molecule has 0 bridgehead atoms. The highest BCUT2D eigenvalue weighted by Crippen LogP contribution is 2.16. The van der Waals surface area contributed by atoms with Crippen molar-refractivity contribution < 1.29 is 9.90 Å². The number of hydrogen-bond acceptors (Lipinski definition) is 1. The molecule has 0 radical (unpaired) electrons. The van der Waals surface area contributed by atoms with Gasteiger partial charge in [-0.05, 0) is 25.7 Å². The molecule has 0 aromatic carbocycles. The Kier molecular flexibility index (Phi) is 4.42. The Bertz CT molecular complexity index is 152. The van der Waals surface area contributed by atoms with Gasteiger partial charge in [-0.15, -0.1) is 0 Å². The molecule has 0 fully saturated rings. The van der Waals surface area contributed by atoms with Gasteiger partial charge in [0.2, 0.25) is 0 Å². The molecule has 0 saturated heterocycles. The quantitative estimate of drug-likeness (QED) is 0.557. The minimum Gasteiger partial charge on any atom is -0.478 e. The average Bonchev–Trinajstić information content (AvgIpc) is 1.90. The molecule has 0 spiro atoms. The molecular weight excluding hydrogens is 143 g/mol. The van der Waals surface area contributed by atoms with E-state index in [0.29, 0.717) is 5.57 Å². The number of carboxylic acids is 1. The molecule has 56 valence electrons. The average molecular weight is 156 g/mol. The van der Waals surface area contributed by atoms with Crippen molar-refractivity contribution in [2.24, 2.45) is 0 Å². The summed E-state index contributed by atoms with van der Waals surface area (Å²) in [7, 11) is 0. The van der Waals surface area contributed by atoms with Gasteiger partial charge in [-0.3, -0.25) is 0 Å². The molecule has 0 unspecified atom stereocenters. The van der Waals surface area contributed by atoms with Gasteiger partial charge in [0, 0.05) is 5.57 Å². The predicted octanol–water partition coefficient (Wildman–Crippen LogP) is 0.388. The highest BCUT2D eigenvalue weighted by molar-refractivity contribution is 5.86. The number of hydrogen-bond donors (Lipinski definition) is 1. The van der Waals surface area contributed by atoms with Crippen LogP contribution in [-0.4, -0.2) is 28.4 Å². The molecule has 1 rings (SSSR count). The van der Waals surface area contributed by atoms with Crippen LogP contribution < -0.4 is 0 Å². The molecule has 0 aliphatic heterocycles. The lowest BCUT2D eigenvalue weighted by Crippen LogP contribution is -2.03. The molecule has 1 aliphatic rings. The zero-order valence-corrected chi connectivity index (χ0v) is 5.26. The molecule has 10 heavy (non-hydrogen) atoms. The van der Waals surface area contributed by atoms with Gasteiger partial charge in [-0.25, -0.2) is 4.79 Å². The van der Waals surface area contributed by atoms with Crippen LogP contribution in [0.1, 0.15) is 25.7 Å². The molecule has 1 aliphatic carbocycles. The molecule has 0 saturated carbocycles. The van der Waals surface area contributed by atoms with Crippen LogP contribution in [-0.2, 0) is 4.79 Å². The van der Waals surface area contributed by atoms with E-state index >= 15 is 0 Å². The van der Waals surface area contributed by atoms with E-state index in [4.69, 9.17) is 5.11 Å². The number of allylic oxidation sites excluding steroid dienone is 1. The summed E-state index contributed by atoms with van der Waals surface area (Å²) in [5.41, 5.74) is 0.598. The second-order valence-corrected chi connectivity index (χ2v) is 2.28. The first-order chi connectivity index (χ1) is 4.30. The van der Waals surface area contributed by atoms with E-state index < -0.39 is 5.97 Å². The van der Waals surface area contributed by atoms with Crippen LogP contribution in [0.25, 0.3) is 0 Å². The monoisotopic (exact) mass is 156 g/mol. The Labute approximate surface area is 71.1 Å². The van der Waals surface area contributed by atoms with Crippen LogP contribution >= 0.6 is 0 Å². The van der Waals surface area contributed by atoms with E-state index in [1.54, 1.807) is 0 Å². The van der Waals surface area contributed by atoms with E-state index in [-0.39, 0.29) is 17.4 Å². The van der Waals surface area contributed by atoms with Gasteiger partial charge in [0.1, 0.15) is 0 Å². The maximum absolute atomic E-state index is 10.3. The Balaban J connectivity index is 0.000000810. The number of carbonyl (C=O) groups is 1. The summed E-state index contributed by atoms with van der Waals surface area (Å²) < 4.78 is 0. The van der Waals surface area contributed by atoms with E-state index in [9.17, 15) is 4.79 Å². The van der Waals surface area contributed by atoms with Gasteiger partial charge >= 0.3 is 5.97 Å². The second kappa shape index (κ2) is 4.54. The minimum absolute atomic E-state index is 0. The van der Waals surface area contributed by atoms with Crippen LogP contribution in [0, 0.1) is 0 Å². The molecule has 0 atom stereocenters. The summed E-state index contributed by atoms with van der Waals surface area (Å²) in [6.45, 7) is 0. The Morgan fingerprint density at radius 2 is 2.20 bits per heavy atom. The largest absolute Gasteiger partial charge is 0.478 e. The second-order valence-electron chi connectivity index (χ2n) is 2.28. The van der Waals surface area contributed by atoms with Crippen LogP contribution in [0.2, 0.25) is 0 Å². The standard InChI is InChI=1S/C7H10O2.Al.3H/c8-7(9)6-4-2-1-3-5-6;;;;/h4H,1-3,5H2,(H,8,9);;;;. The Morgan fingerprint density at radius 1 is 1.50 bits per heavy atom. The van der Waals surface area contributed by atoms with Crippen molar-refractivity contribution in [1.29, 1.82) is 0 Å². The van der Waals surface area contributed by atoms with Crippen molar-refractivity contribution in [3.63, 3.8) is 0 Å². The lowest BCUT2D eigenvalue weighted by Gasteiger charge is -2.06. The normalized spacial score (nSPS) is 17.0. The van der Waals surface area contributed by atoms with Gasteiger partial charge in [-0.2, -0.15) is 0 Å². The Morgan fingerprint density at radius 3 is 2.50 bits per heavy atom. The number of carboxylic acid groups (broad SMARTS) is 1. The maximum Gasteiger partial charge on any atom is 0.331 e. The third-order valence-electron chi connectivity index (χ3n) is 1.57. The van der Waals surface area contributed by atoms with Crippen molar-refractivity contribution in [3.05, 3.63) is 11.6 Å². The molecule has 0 heterocycles. The van der Waals surface area contributed by atoms with Gasteiger partial charge in [0.15, 0.2) is 17.4 Å². The first-order valence-corrected chi connectivity index (χ1v) is 3.23. The first-order valence-electron chi connectivity index (χ1n) is 3.23. The van der Waals surface area contributed by atoms with Crippen LogP contribution in [0.5, 0.6) is 0 Å². The zero-order chi connectivity index (χ0) is 6.69. The summed E-state index contributed by atoms with van der Waals surface area (Å²) >= 11 is 0. The molecular formula is C7H13AlO2. The van der Waals surface area contributed by atoms with Crippen molar-refractivity contribution in [1.82, 2.24) is 0 Å². The summed E-state index contributed by atoms with van der Waals surface area (Å²) in [4.78, 5) is 10.3. The molecule has 2 nitrogen and oxygen atoms in total. The third-order valence-corrected chi connectivity index (χ3v) is 1.57. The van der Waals surface area contributed by atoms with Gasteiger partial charge < -0.3 is 5.11 Å². The summed E-state index contributed by atoms with van der Waals surface area (Å²) in [5, 5.41) is 8.47.